The van der Waals surface area contributed by atoms with Gasteiger partial charge in [-0.2, -0.15) is 4.68 Å². The summed E-state index contributed by atoms with van der Waals surface area (Å²) in [5.41, 5.74) is 0.0645. The summed E-state index contributed by atoms with van der Waals surface area (Å²) in [5.74, 6) is 5.82. The molecule has 2 rings (SSSR count). The normalized spacial score (nSPS) is 12.1. The number of rotatable bonds is 3. The van der Waals surface area contributed by atoms with E-state index in [4.69, 9.17) is 5.84 Å². The lowest BCUT2D eigenvalue weighted by atomic mass is 10.2. The second-order valence-electron chi connectivity index (χ2n) is 4.86. The SMILES string of the molecule is CCC(C)N(C(=O)n1nc(C)n(N)c1=O)c1ccccc1. The minimum atomic E-state index is -0.651. The van der Waals surface area contributed by atoms with Crippen molar-refractivity contribution in [1.29, 1.82) is 0 Å². The summed E-state index contributed by atoms with van der Waals surface area (Å²) >= 11 is 0. The van der Waals surface area contributed by atoms with Gasteiger partial charge >= 0.3 is 11.7 Å². The number of hydrogen-bond acceptors (Lipinski definition) is 4. The Morgan fingerprint density at radius 3 is 2.48 bits per heavy atom. The molecule has 1 unspecified atom stereocenters. The third-order valence-electron chi connectivity index (χ3n) is 3.43. The molecular weight excluding hydrogens is 270 g/mol. The molecule has 2 aromatic rings. The Morgan fingerprint density at radius 1 is 1.38 bits per heavy atom. The van der Waals surface area contributed by atoms with Gasteiger partial charge in [-0.05, 0) is 32.4 Å². The van der Waals surface area contributed by atoms with E-state index in [1.54, 1.807) is 11.8 Å². The molecule has 0 fully saturated rings. The van der Waals surface area contributed by atoms with Gasteiger partial charge in [0.05, 0.1) is 0 Å². The summed E-state index contributed by atoms with van der Waals surface area (Å²) in [6.45, 7) is 5.47. The van der Waals surface area contributed by atoms with Crippen LogP contribution < -0.4 is 16.4 Å². The van der Waals surface area contributed by atoms with Crippen LogP contribution in [-0.4, -0.2) is 26.5 Å². The Bertz CT molecular complexity index is 689. The molecular formula is C14H19N5O2. The van der Waals surface area contributed by atoms with E-state index in [1.165, 1.54) is 0 Å². The maximum Gasteiger partial charge on any atom is 0.373 e. The molecule has 0 spiro atoms. The summed E-state index contributed by atoms with van der Waals surface area (Å²) in [5, 5.41) is 3.92. The van der Waals surface area contributed by atoms with Crippen LogP contribution in [0.1, 0.15) is 26.1 Å². The van der Waals surface area contributed by atoms with Crippen molar-refractivity contribution in [2.24, 2.45) is 0 Å². The second-order valence-corrected chi connectivity index (χ2v) is 4.86. The number of para-hydroxylation sites is 1. The largest absolute Gasteiger partial charge is 0.373 e. The third-order valence-corrected chi connectivity index (χ3v) is 3.43. The molecule has 0 aliphatic heterocycles. The van der Waals surface area contributed by atoms with Crippen LogP contribution in [0.5, 0.6) is 0 Å². The van der Waals surface area contributed by atoms with Gasteiger partial charge in [0.2, 0.25) is 0 Å². The van der Waals surface area contributed by atoms with E-state index >= 15 is 0 Å². The van der Waals surface area contributed by atoms with Crippen molar-refractivity contribution in [3.63, 3.8) is 0 Å². The first-order valence-electron chi connectivity index (χ1n) is 6.79. The Hall–Kier alpha value is -2.57. The van der Waals surface area contributed by atoms with Crippen molar-refractivity contribution in [1.82, 2.24) is 14.5 Å². The van der Waals surface area contributed by atoms with Crippen molar-refractivity contribution in [2.45, 2.75) is 33.2 Å². The number of carbonyl (C=O) groups excluding carboxylic acids is 1. The van der Waals surface area contributed by atoms with E-state index in [0.29, 0.717) is 5.69 Å². The highest BCUT2D eigenvalue weighted by Gasteiger charge is 2.25. The van der Waals surface area contributed by atoms with Crippen molar-refractivity contribution >= 4 is 11.7 Å². The molecule has 1 amide bonds. The number of nitrogens with zero attached hydrogens (tertiary/aromatic N) is 4. The highest BCUT2D eigenvalue weighted by atomic mass is 16.2. The first kappa shape index (κ1) is 14.8. The van der Waals surface area contributed by atoms with Crippen LogP contribution in [0.4, 0.5) is 10.5 Å². The van der Waals surface area contributed by atoms with Crippen LogP contribution in [0.3, 0.4) is 0 Å². The fraction of sp³-hybridized carbons (Fsp3) is 0.357. The van der Waals surface area contributed by atoms with Gasteiger partial charge in [0.25, 0.3) is 0 Å². The Kier molecular flexibility index (Phi) is 4.11. The smallest absolute Gasteiger partial charge is 0.333 e. The molecule has 0 saturated carbocycles. The van der Waals surface area contributed by atoms with Gasteiger partial charge in [-0.15, -0.1) is 9.78 Å². The van der Waals surface area contributed by atoms with Gasteiger partial charge in [-0.1, -0.05) is 25.1 Å². The number of carbonyl (C=O) groups is 1. The van der Waals surface area contributed by atoms with Gasteiger partial charge < -0.3 is 5.84 Å². The molecule has 1 heterocycles. The Labute approximate surface area is 122 Å². The number of nitrogen functional groups attached to an aromatic ring is 1. The number of aryl methyl sites for hydroxylation is 1. The Morgan fingerprint density at radius 2 is 2.00 bits per heavy atom. The lowest BCUT2D eigenvalue weighted by Gasteiger charge is -2.27. The molecule has 7 nitrogen and oxygen atoms in total. The predicted octanol–water partition coefficient (Wildman–Crippen LogP) is 1.34. The molecule has 0 aliphatic rings. The molecule has 0 radical (unpaired) electrons. The van der Waals surface area contributed by atoms with E-state index in [-0.39, 0.29) is 11.9 Å². The van der Waals surface area contributed by atoms with Crippen molar-refractivity contribution in [3.8, 4) is 0 Å². The molecule has 21 heavy (non-hydrogen) atoms. The van der Waals surface area contributed by atoms with E-state index in [1.807, 2.05) is 44.2 Å². The topological polar surface area (TPSA) is 86.2 Å². The van der Waals surface area contributed by atoms with Gasteiger partial charge in [0.15, 0.2) is 5.82 Å². The average molecular weight is 289 g/mol. The van der Waals surface area contributed by atoms with Gasteiger partial charge in [-0.3, -0.25) is 4.90 Å². The third kappa shape index (κ3) is 2.67. The van der Waals surface area contributed by atoms with Gasteiger partial charge in [-0.25, -0.2) is 9.59 Å². The van der Waals surface area contributed by atoms with Crippen molar-refractivity contribution < 1.29 is 4.79 Å². The quantitative estimate of drug-likeness (QED) is 0.864. The fourth-order valence-electron chi connectivity index (χ4n) is 2.03. The summed E-state index contributed by atoms with van der Waals surface area (Å²) in [6, 6.07) is 8.61. The summed E-state index contributed by atoms with van der Waals surface area (Å²) in [4.78, 5) is 26.2. The molecule has 7 heteroatoms. The zero-order valence-corrected chi connectivity index (χ0v) is 12.4. The highest BCUT2D eigenvalue weighted by Crippen LogP contribution is 2.19. The summed E-state index contributed by atoms with van der Waals surface area (Å²) in [6.07, 6.45) is 0.748. The van der Waals surface area contributed by atoms with E-state index < -0.39 is 11.7 Å². The zero-order valence-electron chi connectivity index (χ0n) is 12.4. The Balaban J connectivity index is 2.49. The molecule has 2 N–H and O–H groups in total. The van der Waals surface area contributed by atoms with Crippen molar-refractivity contribution in [3.05, 3.63) is 46.6 Å². The maximum atomic E-state index is 12.7. The minimum absolute atomic E-state index is 0.0740. The monoisotopic (exact) mass is 289 g/mol. The van der Waals surface area contributed by atoms with E-state index in [9.17, 15) is 9.59 Å². The number of hydrogen-bond donors (Lipinski definition) is 1. The fourth-order valence-corrected chi connectivity index (χ4v) is 2.03. The molecule has 1 aromatic heterocycles. The van der Waals surface area contributed by atoms with E-state index in [2.05, 4.69) is 5.10 Å². The molecule has 1 atom stereocenters. The number of nitrogens with two attached hydrogens (primary N) is 1. The zero-order chi connectivity index (χ0) is 15.6. The predicted molar refractivity (Wildman–Crippen MR) is 80.8 cm³/mol. The first-order chi connectivity index (χ1) is 9.97. The maximum absolute atomic E-state index is 12.7. The lowest BCUT2D eigenvalue weighted by Crippen LogP contribution is -2.46. The lowest BCUT2D eigenvalue weighted by molar-refractivity contribution is 0.242. The molecule has 0 saturated heterocycles. The molecule has 112 valence electrons. The first-order valence-corrected chi connectivity index (χ1v) is 6.79. The number of aromatic nitrogens is 3. The van der Waals surface area contributed by atoms with Crippen LogP contribution in [0, 0.1) is 6.92 Å². The van der Waals surface area contributed by atoms with Crippen LogP contribution in [0.25, 0.3) is 0 Å². The van der Waals surface area contributed by atoms with Crippen LogP contribution in [-0.2, 0) is 0 Å². The van der Waals surface area contributed by atoms with Crippen LogP contribution in [0.15, 0.2) is 35.1 Å². The van der Waals surface area contributed by atoms with E-state index in [0.717, 1.165) is 15.8 Å². The number of benzene rings is 1. The molecule has 0 aliphatic carbocycles. The minimum Gasteiger partial charge on any atom is -0.333 e. The standard InChI is InChI=1S/C14H19N5O2/c1-4-10(2)17(12-8-6-5-7-9-12)13(20)19-14(21)18(15)11(3)16-19/h5-10H,4,15H2,1-3H3. The second kappa shape index (κ2) is 5.82. The van der Waals surface area contributed by atoms with Crippen molar-refractivity contribution in [2.75, 3.05) is 10.7 Å². The number of anilines is 1. The molecule has 0 bridgehead atoms. The summed E-state index contributed by atoms with van der Waals surface area (Å²) in [7, 11) is 0. The average Bonchev–Trinajstić information content (AvgIpc) is 2.76. The van der Waals surface area contributed by atoms with Gasteiger partial charge in [0, 0.05) is 11.7 Å². The van der Waals surface area contributed by atoms with Gasteiger partial charge in [0.1, 0.15) is 0 Å². The molecule has 1 aromatic carbocycles. The summed E-state index contributed by atoms with van der Waals surface area (Å²) < 4.78 is 1.66. The highest BCUT2D eigenvalue weighted by molar-refractivity contribution is 5.93. The van der Waals surface area contributed by atoms with Crippen LogP contribution >= 0.6 is 0 Å². The number of amides is 1. The van der Waals surface area contributed by atoms with Crippen LogP contribution in [0.2, 0.25) is 0 Å².